The average Bonchev–Trinajstić information content (AvgIpc) is 2.98. The molecule has 1 fully saturated rings. The summed E-state index contributed by atoms with van der Waals surface area (Å²) in [4.78, 5) is 14.8. The Morgan fingerprint density at radius 3 is 2.29 bits per heavy atom. The van der Waals surface area contributed by atoms with E-state index in [-0.39, 0.29) is 10.8 Å². The Morgan fingerprint density at radius 1 is 0.968 bits per heavy atom. The minimum absolute atomic E-state index is 0.0179. The molecular formula is C23H28N2O5S. The smallest absolute Gasteiger partial charge is 0.262 e. The van der Waals surface area contributed by atoms with E-state index in [1.54, 1.807) is 30.3 Å². The lowest BCUT2D eigenvalue weighted by Crippen LogP contribution is -2.42. The number of piperidine rings is 1. The van der Waals surface area contributed by atoms with Crippen molar-refractivity contribution in [2.24, 2.45) is 11.8 Å². The molecule has 0 saturated carbocycles. The molecule has 2 aliphatic rings. The van der Waals surface area contributed by atoms with Gasteiger partial charge in [0.1, 0.15) is 0 Å². The molecule has 2 aliphatic heterocycles. The first-order valence-electron chi connectivity index (χ1n) is 10.6. The van der Waals surface area contributed by atoms with Crippen molar-refractivity contribution in [3.63, 3.8) is 0 Å². The zero-order valence-corrected chi connectivity index (χ0v) is 18.7. The van der Waals surface area contributed by atoms with Gasteiger partial charge in [-0.05, 0) is 54.7 Å². The number of amides is 1. The van der Waals surface area contributed by atoms with Gasteiger partial charge in [-0.3, -0.25) is 9.52 Å². The SMILES string of the molecule is CC1CC(C)CN(C(=O)c2ccc(NS(=O)(=O)c3ccc4c(c3)OCCCO4)cc2)C1. The van der Waals surface area contributed by atoms with Gasteiger partial charge >= 0.3 is 0 Å². The number of sulfonamides is 1. The van der Waals surface area contributed by atoms with E-state index in [1.807, 2.05) is 4.90 Å². The highest BCUT2D eigenvalue weighted by Crippen LogP contribution is 2.32. The molecule has 2 atom stereocenters. The van der Waals surface area contributed by atoms with Gasteiger partial charge < -0.3 is 14.4 Å². The molecule has 2 unspecified atom stereocenters. The monoisotopic (exact) mass is 444 g/mol. The van der Waals surface area contributed by atoms with Crippen LogP contribution in [0.5, 0.6) is 11.5 Å². The fourth-order valence-electron chi connectivity index (χ4n) is 4.22. The second-order valence-electron chi connectivity index (χ2n) is 8.50. The number of benzene rings is 2. The third kappa shape index (κ3) is 4.95. The minimum Gasteiger partial charge on any atom is -0.490 e. The predicted octanol–water partition coefficient (Wildman–Crippen LogP) is 3.77. The number of carbonyl (C=O) groups excluding carboxylic acids is 1. The van der Waals surface area contributed by atoms with Crippen molar-refractivity contribution >= 4 is 21.6 Å². The summed E-state index contributed by atoms with van der Waals surface area (Å²) in [7, 11) is -3.81. The summed E-state index contributed by atoms with van der Waals surface area (Å²) in [5.74, 6) is 1.91. The Hall–Kier alpha value is -2.74. The normalized spacial score (nSPS) is 21.3. The molecule has 8 heteroatoms. The van der Waals surface area contributed by atoms with Crippen LogP contribution < -0.4 is 14.2 Å². The lowest BCUT2D eigenvalue weighted by molar-refractivity contribution is 0.0623. The van der Waals surface area contributed by atoms with Crippen LogP contribution in [-0.4, -0.2) is 45.5 Å². The number of rotatable bonds is 4. The molecule has 31 heavy (non-hydrogen) atoms. The van der Waals surface area contributed by atoms with E-state index < -0.39 is 10.0 Å². The molecule has 1 N–H and O–H groups in total. The highest BCUT2D eigenvalue weighted by atomic mass is 32.2. The van der Waals surface area contributed by atoms with Gasteiger partial charge in [0.05, 0.1) is 18.1 Å². The van der Waals surface area contributed by atoms with Crippen LogP contribution in [0, 0.1) is 11.8 Å². The minimum atomic E-state index is -3.81. The third-order valence-corrected chi connectivity index (χ3v) is 6.95. The van der Waals surface area contributed by atoms with E-state index in [4.69, 9.17) is 9.47 Å². The number of likely N-dealkylation sites (tertiary alicyclic amines) is 1. The summed E-state index contributed by atoms with van der Waals surface area (Å²) < 4.78 is 39.4. The Morgan fingerprint density at radius 2 is 1.61 bits per heavy atom. The van der Waals surface area contributed by atoms with E-state index in [2.05, 4.69) is 18.6 Å². The van der Waals surface area contributed by atoms with Gasteiger partial charge in [-0.15, -0.1) is 0 Å². The maximum absolute atomic E-state index is 12.8. The zero-order chi connectivity index (χ0) is 22.0. The highest BCUT2D eigenvalue weighted by molar-refractivity contribution is 7.92. The zero-order valence-electron chi connectivity index (χ0n) is 17.8. The fraction of sp³-hybridized carbons (Fsp3) is 0.435. The van der Waals surface area contributed by atoms with Crippen LogP contribution in [0.1, 0.15) is 37.0 Å². The Bertz CT molecular complexity index is 1040. The van der Waals surface area contributed by atoms with Crippen LogP contribution in [0.4, 0.5) is 5.69 Å². The van der Waals surface area contributed by atoms with Crippen molar-refractivity contribution in [2.75, 3.05) is 31.0 Å². The van der Waals surface area contributed by atoms with Gasteiger partial charge in [0, 0.05) is 36.8 Å². The molecule has 2 heterocycles. The molecule has 1 saturated heterocycles. The Balaban J connectivity index is 1.47. The second kappa shape index (κ2) is 8.78. The molecule has 0 bridgehead atoms. The number of ether oxygens (including phenoxy) is 2. The number of nitrogens with zero attached hydrogens (tertiary/aromatic N) is 1. The van der Waals surface area contributed by atoms with Gasteiger partial charge in [-0.25, -0.2) is 8.42 Å². The lowest BCUT2D eigenvalue weighted by Gasteiger charge is -2.35. The maximum atomic E-state index is 12.8. The van der Waals surface area contributed by atoms with E-state index >= 15 is 0 Å². The molecule has 0 aliphatic carbocycles. The Kier molecular flexibility index (Phi) is 6.09. The molecule has 1 amide bonds. The van der Waals surface area contributed by atoms with Gasteiger partial charge in [0.25, 0.3) is 15.9 Å². The first kappa shape index (κ1) is 21.5. The van der Waals surface area contributed by atoms with Crippen LogP contribution >= 0.6 is 0 Å². The van der Waals surface area contributed by atoms with Gasteiger partial charge in [0.15, 0.2) is 11.5 Å². The molecule has 7 nitrogen and oxygen atoms in total. The second-order valence-corrected chi connectivity index (χ2v) is 10.2. The molecule has 2 aromatic rings. The number of anilines is 1. The van der Waals surface area contributed by atoms with Gasteiger partial charge in [-0.2, -0.15) is 0 Å². The van der Waals surface area contributed by atoms with Crippen molar-refractivity contribution in [3.05, 3.63) is 48.0 Å². The molecular weight excluding hydrogens is 416 g/mol. The lowest BCUT2D eigenvalue weighted by atomic mass is 9.91. The van der Waals surface area contributed by atoms with Crippen molar-refractivity contribution in [1.82, 2.24) is 4.90 Å². The topological polar surface area (TPSA) is 84.9 Å². The fourth-order valence-corrected chi connectivity index (χ4v) is 5.29. The standard InChI is InChI=1S/C23H28N2O5S/c1-16-12-17(2)15-25(14-16)23(26)18-4-6-19(7-5-18)24-31(27,28)20-8-9-21-22(13-20)30-11-3-10-29-21/h4-9,13,16-17,24H,3,10-12,14-15H2,1-2H3. The molecule has 0 radical (unpaired) electrons. The van der Waals surface area contributed by atoms with Crippen molar-refractivity contribution in [3.8, 4) is 11.5 Å². The van der Waals surface area contributed by atoms with Crippen LogP contribution in [0.25, 0.3) is 0 Å². The molecule has 2 aromatic carbocycles. The van der Waals surface area contributed by atoms with E-state index in [0.29, 0.717) is 47.8 Å². The third-order valence-electron chi connectivity index (χ3n) is 5.57. The molecule has 166 valence electrons. The number of hydrogen-bond donors (Lipinski definition) is 1. The first-order valence-corrected chi connectivity index (χ1v) is 12.1. The molecule has 4 rings (SSSR count). The van der Waals surface area contributed by atoms with Gasteiger partial charge in [-0.1, -0.05) is 13.8 Å². The first-order chi connectivity index (χ1) is 14.8. The van der Waals surface area contributed by atoms with E-state index in [0.717, 1.165) is 25.9 Å². The number of nitrogens with one attached hydrogen (secondary N) is 1. The summed E-state index contributed by atoms with van der Waals surface area (Å²) in [5.41, 5.74) is 0.948. The summed E-state index contributed by atoms with van der Waals surface area (Å²) in [6.45, 7) is 6.84. The largest absolute Gasteiger partial charge is 0.490 e. The highest BCUT2D eigenvalue weighted by Gasteiger charge is 2.26. The van der Waals surface area contributed by atoms with E-state index in [1.165, 1.54) is 12.1 Å². The number of carbonyl (C=O) groups is 1. The quantitative estimate of drug-likeness (QED) is 0.776. The van der Waals surface area contributed by atoms with Crippen LogP contribution in [0.3, 0.4) is 0 Å². The Labute approximate surface area is 183 Å². The summed E-state index contributed by atoms with van der Waals surface area (Å²) >= 11 is 0. The number of hydrogen-bond acceptors (Lipinski definition) is 5. The van der Waals surface area contributed by atoms with E-state index in [9.17, 15) is 13.2 Å². The average molecular weight is 445 g/mol. The summed E-state index contributed by atoms with van der Waals surface area (Å²) in [6.07, 6.45) is 1.87. The van der Waals surface area contributed by atoms with Crippen molar-refractivity contribution in [1.29, 1.82) is 0 Å². The van der Waals surface area contributed by atoms with Gasteiger partial charge in [0.2, 0.25) is 0 Å². The van der Waals surface area contributed by atoms with Crippen LogP contribution in [0.15, 0.2) is 47.4 Å². The maximum Gasteiger partial charge on any atom is 0.262 e. The summed E-state index contributed by atoms with van der Waals surface area (Å²) in [6, 6.07) is 11.1. The van der Waals surface area contributed by atoms with Crippen LogP contribution in [-0.2, 0) is 10.0 Å². The van der Waals surface area contributed by atoms with Crippen molar-refractivity contribution in [2.45, 2.75) is 31.6 Å². The molecule has 0 spiro atoms. The predicted molar refractivity (Wildman–Crippen MR) is 118 cm³/mol. The molecule has 0 aromatic heterocycles. The number of fused-ring (bicyclic) bond motifs is 1. The van der Waals surface area contributed by atoms with Crippen LogP contribution in [0.2, 0.25) is 0 Å². The van der Waals surface area contributed by atoms with Crippen molar-refractivity contribution < 1.29 is 22.7 Å². The summed E-state index contributed by atoms with van der Waals surface area (Å²) in [5, 5.41) is 0.